The second-order valence-electron chi connectivity index (χ2n) is 2.87. The highest BCUT2D eigenvalue weighted by Crippen LogP contribution is 2.20. The first-order valence-corrected chi connectivity index (χ1v) is 5.31. The van der Waals surface area contributed by atoms with Crippen LogP contribution in [0.4, 0.5) is 0 Å². The topological polar surface area (TPSA) is 31.4 Å². The summed E-state index contributed by atoms with van der Waals surface area (Å²) in [7, 11) is 3.18. The summed E-state index contributed by atoms with van der Waals surface area (Å²) >= 11 is 4.13. The first kappa shape index (κ1) is 11.9. The summed E-state index contributed by atoms with van der Waals surface area (Å²) in [6.45, 7) is 0. The molecule has 1 aromatic heterocycles. The van der Waals surface area contributed by atoms with Gasteiger partial charge in [0.25, 0.3) is 0 Å². The molecule has 0 saturated carbocycles. The molecule has 0 N–H and O–H groups in total. The van der Waals surface area contributed by atoms with Gasteiger partial charge in [-0.05, 0) is 18.2 Å². The van der Waals surface area contributed by atoms with Crippen LogP contribution >= 0.6 is 12.6 Å². The maximum atomic E-state index is 5.16. The lowest BCUT2D eigenvalue weighted by molar-refractivity contribution is 0.364. The van der Waals surface area contributed by atoms with Crippen molar-refractivity contribution < 1.29 is 9.47 Å². The Morgan fingerprint density at radius 1 is 1.33 bits per heavy atom. The van der Waals surface area contributed by atoms with Crippen LogP contribution in [0.25, 0.3) is 6.08 Å². The van der Waals surface area contributed by atoms with Crippen molar-refractivity contribution in [3.63, 3.8) is 0 Å². The van der Waals surface area contributed by atoms with E-state index in [2.05, 4.69) is 17.6 Å². The third-order valence-corrected chi connectivity index (χ3v) is 2.12. The molecule has 0 fully saturated rings. The average Bonchev–Trinajstić information content (AvgIpc) is 2.29. The Labute approximate surface area is 95.5 Å². The molecule has 4 heteroatoms. The first-order chi connectivity index (χ1) is 7.31. The van der Waals surface area contributed by atoms with Gasteiger partial charge in [-0.15, -0.1) is 0 Å². The van der Waals surface area contributed by atoms with Crippen LogP contribution in [-0.2, 0) is 0 Å². The van der Waals surface area contributed by atoms with E-state index in [1.165, 1.54) is 0 Å². The van der Waals surface area contributed by atoms with E-state index >= 15 is 0 Å². The van der Waals surface area contributed by atoms with Crippen LogP contribution in [0.15, 0.2) is 18.2 Å². The van der Waals surface area contributed by atoms with Crippen molar-refractivity contribution >= 4 is 18.7 Å². The summed E-state index contributed by atoms with van der Waals surface area (Å²) in [5.74, 6) is 1.96. The Hall–Kier alpha value is -1.16. The molecule has 0 aromatic carbocycles. The molecule has 1 heterocycles. The normalized spacial score (nSPS) is 10.6. The first-order valence-electron chi connectivity index (χ1n) is 4.68. The summed E-state index contributed by atoms with van der Waals surface area (Å²) in [6, 6.07) is 3.72. The molecule has 1 rings (SSSR count). The molecule has 0 radical (unpaired) electrons. The lowest BCUT2D eigenvalue weighted by Crippen LogP contribution is -1.94. The number of ether oxygens (including phenoxy) is 2. The van der Waals surface area contributed by atoms with Crippen molar-refractivity contribution in [1.82, 2.24) is 4.98 Å². The van der Waals surface area contributed by atoms with E-state index in [4.69, 9.17) is 9.47 Å². The van der Waals surface area contributed by atoms with Gasteiger partial charge in [0.15, 0.2) is 0 Å². The van der Waals surface area contributed by atoms with Gasteiger partial charge in [-0.2, -0.15) is 17.6 Å². The Bertz CT molecular complexity index is 339. The fraction of sp³-hybridized carbons (Fsp3) is 0.364. The van der Waals surface area contributed by atoms with Gasteiger partial charge in [0, 0.05) is 11.6 Å². The highest BCUT2D eigenvalue weighted by molar-refractivity contribution is 7.80. The lowest BCUT2D eigenvalue weighted by Gasteiger charge is -2.05. The number of hydrogen-bond donors (Lipinski definition) is 1. The number of allylic oxidation sites excluding steroid dienone is 1. The Morgan fingerprint density at radius 2 is 2.13 bits per heavy atom. The average molecular weight is 225 g/mol. The zero-order chi connectivity index (χ0) is 11.1. The second kappa shape index (κ2) is 6.35. The van der Waals surface area contributed by atoms with E-state index in [9.17, 15) is 0 Å². The van der Waals surface area contributed by atoms with Crippen LogP contribution in [0.5, 0.6) is 11.8 Å². The van der Waals surface area contributed by atoms with Gasteiger partial charge in [-0.1, -0.05) is 12.2 Å². The van der Waals surface area contributed by atoms with Gasteiger partial charge < -0.3 is 9.47 Å². The Balaban J connectivity index is 2.87. The molecule has 0 aliphatic rings. The minimum atomic E-state index is 0.554. The Morgan fingerprint density at radius 3 is 2.73 bits per heavy atom. The molecule has 3 nitrogen and oxygen atoms in total. The van der Waals surface area contributed by atoms with Gasteiger partial charge in [-0.25, -0.2) is 0 Å². The number of aromatic nitrogens is 1. The fourth-order valence-electron chi connectivity index (χ4n) is 1.12. The van der Waals surface area contributed by atoms with Gasteiger partial charge >= 0.3 is 0 Å². The number of hydrogen-bond acceptors (Lipinski definition) is 4. The molecule has 0 aliphatic heterocycles. The van der Waals surface area contributed by atoms with E-state index in [1.807, 2.05) is 24.3 Å². The number of nitrogens with zero attached hydrogens (tertiary/aromatic N) is 1. The number of rotatable bonds is 5. The monoisotopic (exact) mass is 225 g/mol. The minimum absolute atomic E-state index is 0.554. The number of thiol groups is 1. The molecule has 0 aliphatic carbocycles. The quantitative estimate of drug-likeness (QED) is 0.781. The minimum Gasteiger partial charge on any atom is -0.481 e. The van der Waals surface area contributed by atoms with E-state index in [0.717, 1.165) is 17.7 Å². The van der Waals surface area contributed by atoms with Crippen LogP contribution in [0.2, 0.25) is 0 Å². The van der Waals surface area contributed by atoms with E-state index < -0.39 is 0 Å². The van der Waals surface area contributed by atoms with Crippen molar-refractivity contribution in [2.24, 2.45) is 0 Å². The summed E-state index contributed by atoms with van der Waals surface area (Å²) in [4.78, 5) is 4.17. The summed E-state index contributed by atoms with van der Waals surface area (Å²) in [5.41, 5.74) is 0.945. The highest BCUT2D eigenvalue weighted by Gasteiger charge is 2.02. The van der Waals surface area contributed by atoms with Gasteiger partial charge in [0.05, 0.1) is 14.2 Å². The molecule has 0 amide bonds. The lowest BCUT2D eigenvalue weighted by atomic mass is 10.2. The molecule has 1 aromatic rings. The zero-order valence-electron chi connectivity index (χ0n) is 8.93. The molecule has 0 unspecified atom stereocenters. The molecule has 0 atom stereocenters. The van der Waals surface area contributed by atoms with Crippen molar-refractivity contribution in [1.29, 1.82) is 0 Å². The molecule has 15 heavy (non-hydrogen) atoms. The molecule has 0 bridgehead atoms. The highest BCUT2D eigenvalue weighted by atomic mass is 32.1. The largest absolute Gasteiger partial charge is 0.481 e. The molecular weight excluding hydrogens is 210 g/mol. The van der Waals surface area contributed by atoms with E-state index in [0.29, 0.717) is 11.8 Å². The van der Waals surface area contributed by atoms with E-state index in [-0.39, 0.29) is 0 Å². The van der Waals surface area contributed by atoms with Gasteiger partial charge in [0.1, 0.15) is 0 Å². The number of pyridine rings is 1. The van der Waals surface area contributed by atoms with Crippen LogP contribution in [0.1, 0.15) is 12.0 Å². The van der Waals surface area contributed by atoms with E-state index in [1.54, 1.807) is 14.2 Å². The smallest absolute Gasteiger partial charge is 0.223 e. The fourth-order valence-corrected chi connectivity index (χ4v) is 1.27. The van der Waals surface area contributed by atoms with Crippen LogP contribution in [0, 0.1) is 0 Å². The maximum Gasteiger partial charge on any atom is 0.223 e. The molecular formula is C11H15NO2S. The Kier molecular flexibility index (Phi) is 5.04. The second-order valence-corrected chi connectivity index (χ2v) is 3.31. The van der Waals surface area contributed by atoms with Crippen molar-refractivity contribution in [3.05, 3.63) is 23.8 Å². The summed E-state index contributed by atoms with van der Waals surface area (Å²) in [5, 5.41) is 0. The molecule has 82 valence electrons. The number of methoxy groups -OCH3 is 2. The third-order valence-electron chi connectivity index (χ3n) is 1.86. The summed E-state index contributed by atoms with van der Waals surface area (Å²) < 4.78 is 10.2. The van der Waals surface area contributed by atoms with Crippen LogP contribution in [0.3, 0.4) is 0 Å². The molecule has 0 spiro atoms. The predicted molar refractivity (Wildman–Crippen MR) is 64.8 cm³/mol. The van der Waals surface area contributed by atoms with Crippen molar-refractivity contribution in [2.45, 2.75) is 6.42 Å². The SMILES string of the molecule is COc1ccc(C=CCCS)c(OC)n1. The van der Waals surface area contributed by atoms with Gasteiger partial charge in [0.2, 0.25) is 11.8 Å². The van der Waals surface area contributed by atoms with Crippen molar-refractivity contribution in [3.8, 4) is 11.8 Å². The van der Waals surface area contributed by atoms with Crippen LogP contribution < -0.4 is 9.47 Å². The third kappa shape index (κ3) is 3.47. The predicted octanol–water partition coefficient (Wildman–Crippen LogP) is 2.43. The standard InChI is InChI=1S/C11H15NO2S/c1-13-10-7-6-9(5-3-4-8-15)11(12-10)14-2/h3,5-7,15H,4,8H2,1-2H3. The zero-order valence-corrected chi connectivity index (χ0v) is 9.83. The molecule has 0 saturated heterocycles. The van der Waals surface area contributed by atoms with Crippen molar-refractivity contribution in [2.75, 3.05) is 20.0 Å². The van der Waals surface area contributed by atoms with Gasteiger partial charge in [-0.3, -0.25) is 0 Å². The maximum absolute atomic E-state index is 5.16. The summed E-state index contributed by atoms with van der Waals surface area (Å²) in [6.07, 6.45) is 4.94. The van der Waals surface area contributed by atoms with Crippen LogP contribution in [-0.4, -0.2) is 25.0 Å².